The highest BCUT2D eigenvalue weighted by Crippen LogP contribution is 2.27. The molecule has 0 heterocycles. The van der Waals surface area contributed by atoms with Gasteiger partial charge in [0.15, 0.2) is 0 Å². The van der Waals surface area contributed by atoms with E-state index in [4.69, 9.17) is 9.84 Å². The van der Waals surface area contributed by atoms with E-state index in [1.165, 1.54) is 0 Å². The molecule has 0 aromatic rings. The molecule has 2 N–H and O–H groups in total. The van der Waals surface area contributed by atoms with E-state index < -0.39 is 5.97 Å². The van der Waals surface area contributed by atoms with Crippen LogP contribution in [-0.2, 0) is 9.53 Å². The molecule has 6 heteroatoms. The number of aliphatic carboxylic acids is 1. The van der Waals surface area contributed by atoms with E-state index in [1.54, 1.807) is 11.9 Å². The Hall–Kier alpha value is -1.30. The standard InChI is InChI=1S/C11H20N2O4/c1-3-17-9-6-8(7-9)13(2)11(16)12-5-4-10(14)15/h8-9H,3-7H2,1-2H3,(H,12,16)(H,14,15). The second kappa shape index (κ2) is 6.44. The van der Waals surface area contributed by atoms with Crippen LogP contribution < -0.4 is 5.32 Å². The van der Waals surface area contributed by atoms with E-state index >= 15 is 0 Å². The molecule has 0 atom stereocenters. The van der Waals surface area contributed by atoms with Crippen molar-refractivity contribution in [3.63, 3.8) is 0 Å². The maximum atomic E-state index is 11.6. The number of carbonyl (C=O) groups excluding carboxylic acids is 1. The summed E-state index contributed by atoms with van der Waals surface area (Å²) in [6.45, 7) is 2.82. The second-order valence-electron chi connectivity index (χ2n) is 4.19. The van der Waals surface area contributed by atoms with Crippen molar-refractivity contribution in [2.45, 2.75) is 38.3 Å². The summed E-state index contributed by atoms with van der Waals surface area (Å²) in [5.74, 6) is -0.909. The van der Waals surface area contributed by atoms with Crippen LogP contribution in [0.5, 0.6) is 0 Å². The fraction of sp³-hybridized carbons (Fsp3) is 0.818. The smallest absolute Gasteiger partial charge is 0.317 e. The fourth-order valence-electron chi connectivity index (χ4n) is 1.79. The summed E-state index contributed by atoms with van der Waals surface area (Å²) in [4.78, 5) is 23.5. The Morgan fingerprint density at radius 3 is 2.65 bits per heavy atom. The number of rotatable bonds is 6. The van der Waals surface area contributed by atoms with Gasteiger partial charge in [0.25, 0.3) is 0 Å². The minimum atomic E-state index is -0.909. The van der Waals surface area contributed by atoms with Crippen molar-refractivity contribution in [2.24, 2.45) is 0 Å². The number of hydrogen-bond acceptors (Lipinski definition) is 3. The van der Waals surface area contributed by atoms with Gasteiger partial charge in [-0.1, -0.05) is 0 Å². The van der Waals surface area contributed by atoms with Crippen LogP contribution in [0.3, 0.4) is 0 Å². The van der Waals surface area contributed by atoms with Gasteiger partial charge in [-0.05, 0) is 19.8 Å². The number of amides is 2. The van der Waals surface area contributed by atoms with Crippen molar-refractivity contribution in [1.29, 1.82) is 0 Å². The topological polar surface area (TPSA) is 78.9 Å². The zero-order chi connectivity index (χ0) is 12.8. The van der Waals surface area contributed by atoms with Gasteiger partial charge in [0.1, 0.15) is 0 Å². The van der Waals surface area contributed by atoms with Gasteiger partial charge in [-0.15, -0.1) is 0 Å². The molecule has 2 amide bonds. The van der Waals surface area contributed by atoms with Crippen molar-refractivity contribution in [2.75, 3.05) is 20.2 Å². The lowest BCUT2D eigenvalue weighted by molar-refractivity contribution is -0.136. The molecule has 0 unspecified atom stereocenters. The lowest BCUT2D eigenvalue weighted by Crippen LogP contribution is -2.52. The molecule has 17 heavy (non-hydrogen) atoms. The first-order chi connectivity index (χ1) is 8.04. The Balaban J connectivity index is 2.17. The first-order valence-electron chi connectivity index (χ1n) is 5.88. The van der Waals surface area contributed by atoms with Crippen molar-refractivity contribution in [3.8, 4) is 0 Å². The number of urea groups is 1. The Labute approximate surface area is 101 Å². The van der Waals surface area contributed by atoms with Gasteiger partial charge in [0.2, 0.25) is 0 Å². The molecule has 1 fully saturated rings. The number of hydrogen-bond donors (Lipinski definition) is 2. The summed E-state index contributed by atoms with van der Waals surface area (Å²) in [5, 5.41) is 11.0. The Morgan fingerprint density at radius 2 is 2.12 bits per heavy atom. The molecule has 0 saturated heterocycles. The normalized spacial score (nSPS) is 22.7. The van der Waals surface area contributed by atoms with Crippen LogP contribution in [0.1, 0.15) is 26.2 Å². The number of carbonyl (C=O) groups is 2. The van der Waals surface area contributed by atoms with Crippen LogP contribution in [0, 0.1) is 0 Å². The molecule has 0 aromatic heterocycles. The first kappa shape index (κ1) is 13.8. The number of carboxylic acid groups (broad SMARTS) is 1. The van der Waals surface area contributed by atoms with Crippen LogP contribution in [0.4, 0.5) is 4.79 Å². The van der Waals surface area contributed by atoms with E-state index in [9.17, 15) is 9.59 Å². The zero-order valence-corrected chi connectivity index (χ0v) is 10.3. The van der Waals surface area contributed by atoms with E-state index in [2.05, 4.69) is 5.32 Å². The highest BCUT2D eigenvalue weighted by molar-refractivity contribution is 5.75. The maximum absolute atomic E-state index is 11.6. The lowest BCUT2D eigenvalue weighted by atomic mass is 9.88. The number of ether oxygens (including phenoxy) is 1. The molecule has 1 aliphatic rings. The third-order valence-corrected chi connectivity index (χ3v) is 2.96. The highest BCUT2D eigenvalue weighted by Gasteiger charge is 2.34. The van der Waals surface area contributed by atoms with Crippen molar-refractivity contribution < 1.29 is 19.4 Å². The summed E-state index contributed by atoms with van der Waals surface area (Å²) >= 11 is 0. The van der Waals surface area contributed by atoms with Crippen molar-refractivity contribution in [1.82, 2.24) is 10.2 Å². The number of carboxylic acids is 1. The molecule has 1 aliphatic carbocycles. The van der Waals surface area contributed by atoms with Gasteiger partial charge in [0, 0.05) is 26.2 Å². The molecule has 0 bridgehead atoms. The molecule has 98 valence electrons. The summed E-state index contributed by atoms with van der Waals surface area (Å²) < 4.78 is 5.41. The largest absolute Gasteiger partial charge is 0.481 e. The molecule has 1 rings (SSSR count). The summed E-state index contributed by atoms with van der Waals surface area (Å²) in [7, 11) is 1.73. The number of nitrogens with zero attached hydrogens (tertiary/aromatic N) is 1. The van der Waals surface area contributed by atoms with Crippen LogP contribution >= 0.6 is 0 Å². The first-order valence-corrected chi connectivity index (χ1v) is 5.88. The maximum Gasteiger partial charge on any atom is 0.317 e. The van der Waals surface area contributed by atoms with E-state index in [1.807, 2.05) is 6.92 Å². The van der Waals surface area contributed by atoms with Crippen molar-refractivity contribution in [3.05, 3.63) is 0 Å². The van der Waals surface area contributed by atoms with Gasteiger partial charge in [0.05, 0.1) is 12.5 Å². The molecule has 0 spiro atoms. The third-order valence-electron chi connectivity index (χ3n) is 2.96. The van der Waals surface area contributed by atoms with Gasteiger partial charge in [-0.3, -0.25) is 4.79 Å². The average molecular weight is 244 g/mol. The Morgan fingerprint density at radius 1 is 1.47 bits per heavy atom. The molecule has 0 aliphatic heterocycles. The second-order valence-corrected chi connectivity index (χ2v) is 4.19. The highest BCUT2D eigenvalue weighted by atomic mass is 16.5. The van der Waals surface area contributed by atoms with Gasteiger partial charge >= 0.3 is 12.0 Å². The van der Waals surface area contributed by atoms with Gasteiger partial charge in [-0.2, -0.15) is 0 Å². The Kier molecular flexibility index (Phi) is 5.21. The van der Waals surface area contributed by atoms with E-state index in [0.717, 1.165) is 12.8 Å². The average Bonchev–Trinajstić information content (AvgIpc) is 2.21. The summed E-state index contributed by atoms with van der Waals surface area (Å²) in [5.41, 5.74) is 0. The molecule has 6 nitrogen and oxygen atoms in total. The quantitative estimate of drug-likeness (QED) is 0.719. The van der Waals surface area contributed by atoms with Crippen LogP contribution in [0.2, 0.25) is 0 Å². The predicted molar refractivity (Wildman–Crippen MR) is 61.9 cm³/mol. The van der Waals surface area contributed by atoms with Crippen molar-refractivity contribution >= 4 is 12.0 Å². The minimum absolute atomic E-state index is 0.0498. The van der Waals surface area contributed by atoms with E-state index in [-0.39, 0.29) is 31.1 Å². The molecule has 1 saturated carbocycles. The van der Waals surface area contributed by atoms with Gasteiger partial charge < -0.3 is 20.1 Å². The molecular weight excluding hydrogens is 224 g/mol. The van der Waals surface area contributed by atoms with Gasteiger partial charge in [-0.25, -0.2) is 4.79 Å². The number of nitrogens with one attached hydrogen (secondary N) is 1. The van der Waals surface area contributed by atoms with Crippen LogP contribution in [0.25, 0.3) is 0 Å². The zero-order valence-electron chi connectivity index (χ0n) is 10.3. The third kappa shape index (κ3) is 4.22. The fourth-order valence-corrected chi connectivity index (χ4v) is 1.79. The monoisotopic (exact) mass is 244 g/mol. The van der Waals surface area contributed by atoms with E-state index in [0.29, 0.717) is 6.61 Å². The minimum Gasteiger partial charge on any atom is -0.481 e. The summed E-state index contributed by atoms with van der Waals surface area (Å²) in [6.07, 6.45) is 1.93. The molecule has 0 aromatic carbocycles. The molecule has 0 radical (unpaired) electrons. The predicted octanol–water partition coefficient (Wildman–Crippen LogP) is 0.670. The SMILES string of the molecule is CCOC1CC(N(C)C(=O)NCCC(=O)O)C1. The Bertz CT molecular complexity index is 277. The van der Waals surface area contributed by atoms with Crippen LogP contribution in [0.15, 0.2) is 0 Å². The van der Waals surface area contributed by atoms with Crippen LogP contribution in [-0.4, -0.2) is 54.4 Å². The summed E-state index contributed by atoms with van der Waals surface area (Å²) in [6, 6.07) is -0.0115. The lowest BCUT2D eigenvalue weighted by Gasteiger charge is -2.40. The molecular formula is C11H20N2O4.